The standard InChI is InChI=1S/C13H20BrN3/c1-2-7-17(13-5-6-15-9-13)10-12-4-3-11(14)8-16-12/h3-4,8,13,15H,2,5-7,9-10H2,1H3. The highest BCUT2D eigenvalue weighted by Crippen LogP contribution is 2.14. The van der Waals surface area contributed by atoms with Gasteiger partial charge >= 0.3 is 0 Å². The highest BCUT2D eigenvalue weighted by Gasteiger charge is 2.21. The van der Waals surface area contributed by atoms with Crippen molar-refractivity contribution in [3.8, 4) is 0 Å². The smallest absolute Gasteiger partial charge is 0.0544 e. The molecule has 1 fully saturated rings. The summed E-state index contributed by atoms with van der Waals surface area (Å²) in [5, 5.41) is 3.44. The highest BCUT2D eigenvalue weighted by molar-refractivity contribution is 9.10. The molecule has 1 atom stereocenters. The molecule has 1 unspecified atom stereocenters. The third-order valence-electron chi connectivity index (χ3n) is 3.22. The topological polar surface area (TPSA) is 28.2 Å². The van der Waals surface area contributed by atoms with Crippen LogP contribution >= 0.6 is 15.9 Å². The number of halogens is 1. The van der Waals surface area contributed by atoms with Crippen molar-refractivity contribution in [2.45, 2.75) is 32.4 Å². The van der Waals surface area contributed by atoms with Crippen LogP contribution in [0.2, 0.25) is 0 Å². The Morgan fingerprint density at radius 1 is 1.53 bits per heavy atom. The minimum absolute atomic E-state index is 0.681. The van der Waals surface area contributed by atoms with E-state index in [0.717, 1.165) is 36.3 Å². The molecule has 0 amide bonds. The Kier molecular flexibility index (Phi) is 4.95. The van der Waals surface area contributed by atoms with Crippen LogP contribution < -0.4 is 5.32 Å². The fourth-order valence-corrected chi connectivity index (χ4v) is 2.57. The van der Waals surface area contributed by atoms with E-state index in [1.54, 1.807) is 0 Å². The first-order valence-corrected chi connectivity index (χ1v) is 7.14. The number of hydrogen-bond acceptors (Lipinski definition) is 3. The van der Waals surface area contributed by atoms with E-state index >= 15 is 0 Å². The Hall–Kier alpha value is -0.450. The lowest BCUT2D eigenvalue weighted by atomic mass is 10.2. The molecule has 0 saturated carbocycles. The second kappa shape index (κ2) is 6.47. The molecule has 2 heterocycles. The Balaban J connectivity index is 1.98. The van der Waals surface area contributed by atoms with Crippen molar-refractivity contribution in [3.63, 3.8) is 0 Å². The monoisotopic (exact) mass is 297 g/mol. The Labute approximate surface area is 112 Å². The van der Waals surface area contributed by atoms with Gasteiger partial charge in [-0.3, -0.25) is 9.88 Å². The van der Waals surface area contributed by atoms with Crippen molar-refractivity contribution in [1.29, 1.82) is 0 Å². The van der Waals surface area contributed by atoms with E-state index in [0.29, 0.717) is 6.04 Å². The molecular formula is C13H20BrN3. The van der Waals surface area contributed by atoms with Gasteiger partial charge in [0.25, 0.3) is 0 Å². The van der Waals surface area contributed by atoms with Gasteiger partial charge in [-0.2, -0.15) is 0 Å². The van der Waals surface area contributed by atoms with Gasteiger partial charge in [0.2, 0.25) is 0 Å². The van der Waals surface area contributed by atoms with Gasteiger partial charge in [-0.25, -0.2) is 0 Å². The van der Waals surface area contributed by atoms with Crippen molar-refractivity contribution >= 4 is 15.9 Å². The molecular weight excluding hydrogens is 278 g/mol. The normalized spacial score (nSPS) is 20.1. The Morgan fingerprint density at radius 3 is 3.00 bits per heavy atom. The third kappa shape index (κ3) is 3.76. The Morgan fingerprint density at radius 2 is 2.41 bits per heavy atom. The van der Waals surface area contributed by atoms with Gasteiger partial charge in [0.15, 0.2) is 0 Å². The Bertz CT molecular complexity index is 333. The van der Waals surface area contributed by atoms with Crippen LogP contribution in [0.15, 0.2) is 22.8 Å². The molecule has 0 radical (unpaired) electrons. The van der Waals surface area contributed by atoms with Crippen LogP contribution in [0.25, 0.3) is 0 Å². The summed E-state index contributed by atoms with van der Waals surface area (Å²) in [5.74, 6) is 0. The van der Waals surface area contributed by atoms with Crippen LogP contribution in [-0.4, -0.2) is 35.6 Å². The van der Waals surface area contributed by atoms with Gasteiger partial charge in [0, 0.05) is 29.8 Å². The maximum absolute atomic E-state index is 4.46. The van der Waals surface area contributed by atoms with E-state index in [2.05, 4.69) is 50.2 Å². The third-order valence-corrected chi connectivity index (χ3v) is 3.68. The number of aromatic nitrogens is 1. The maximum atomic E-state index is 4.46. The van der Waals surface area contributed by atoms with Crippen LogP contribution in [-0.2, 0) is 6.54 Å². The quantitative estimate of drug-likeness (QED) is 0.905. The zero-order valence-corrected chi connectivity index (χ0v) is 11.9. The van der Waals surface area contributed by atoms with Gasteiger partial charge in [-0.05, 0) is 54.0 Å². The molecule has 2 rings (SSSR count). The molecule has 94 valence electrons. The largest absolute Gasteiger partial charge is 0.315 e. The van der Waals surface area contributed by atoms with Crippen molar-refractivity contribution in [2.75, 3.05) is 19.6 Å². The average molecular weight is 298 g/mol. The molecule has 1 aromatic rings. The van der Waals surface area contributed by atoms with Crippen LogP contribution in [0.1, 0.15) is 25.5 Å². The summed E-state index contributed by atoms with van der Waals surface area (Å²) in [6.45, 7) is 6.64. The average Bonchev–Trinajstić information content (AvgIpc) is 2.85. The molecule has 4 heteroatoms. The molecule has 1 aromatic heterocycles. The zero-order valence-electron chi connectivity index (χ0n) is 10.3. The molecule has 0 spiro atoms. The minimum Gasteiger partial charge on any atom is -0.315 e. The summed E-state index contributed by atoms with van der Waals surface area (Å²) in [6, 6.07) is 4.86. The van der Waals surface area contributed by atoms with Crippen LogP contribution in [0.3, 0.4) is 0 Å². The summed E-state index contributed by atoms with van der Waals surface area (Å²) >= 11 is 3.42. The summed E-state index contributed by atoms with van der Waals surface area (Å²) in [4.78, 5) is 7.01. The molecule has 17 heavy (non-hydrogen) atoms. The number of pyridine rings is 1. The first kappa shape index (κ1) is 13.0. The van der Waals surface area contributed by atoms with Crippen LogP contribution in [0.5, 0.6) is 0 Å². The minimum atomic E-state index is 0.681. The van der Waals surface area contributed by atoms with Crippen LogP contribution in [0.4, 0.5) is 0 Å². The predicted molar refractivity (Wildman–Crippen MR) is 73.9 cm³/mol. The summed E-state index contributed by atoms with van der Waals surface area (Å²) in [5.41, 5.74) is 1.16. The molecule has 0 aromatic carbocycles. The molecule has 1 saturated heterocycles. The van der Waals surface area contributed by atoms with E-state index in [9.17, 15) is 0 Å². The van der Waals surface area contributed by atoms with Gasteiger partial charge in [-0.1, -0.05) is 6.92 Å². The van der Waals surface area contributed by atoms with Gasteiger partial charge in [-0.15, -0.1) is 0 Å². The van der Waals surface area contributed by atoms with E-state index < -0.39 is 0 Å². The lowest BCUT2D eigenvalue weighted by Crippen LogP contribution is -2.37. The molecule has 1 aliphatic rings. The van der Waals surface area contributed by atoms with Gasteiger partial charge in [0.05, 0.1) is 5.69 Å². The number of rotatable bonds is 5. The molecule has 3 nitrogen and oxygen atoms in total. The number of nitrogens with one attached hydrogen (secondary N) is 1. The summed E-state index contributed by atoms with van der Waals surface area (Å²) < 4.78 is 1.05. The SMILES string of the molecule is CCCN(Cc1ccc(Br)cn1)C1CCNC1. The molecule has 1 aliphatic heterocycles. The van der Waals surface area contributed by atoms with E-state index in [-0.39, 0.29) is 0 Å². The fourth-order valence-electron chi connectivity index (χ4n) is 2.34. The van der Waals surface area contributed by atoms with Crippen molar-refractivity contribution in [3.05, 3.63) is 28.5 Å². The maximum Gasteiger partial charge on any atom is 0.0544 e. The van der Waals surface area contributed by atoms with E-state index in [1.165, 1.54) is 12.8 Å². The summed E-state index contributed by atoms with van der Waals surface area (Å²) in [6.07, 6.45) is 4.34. The summed E-state index contributed by atoms with van der Waals surface area (Å²) in [7, 11) is 0. The van der Waals surface area contributed by atoms with Crippen molar-refractivity contribution in [1.82, 2.24) is 15.2 Å². The van der Waals surface area contributed by atoms with Gasteiger partial charge in [0.1, 0.15) is 0 Å². The second-order valence-electron chi connectivity index (χ2n) is 4.58. The van der Waals surface area contributed by atoms with Crippen molar-refractivity contribution in [2.24, 2.45) is 0 Å². The molecule has 0 bridgehead atoms. The zero-order chi connectivity index (χ0) is 12.1. The van der Waals surface area contributed by atoms with Crippen molar-refractivity contribution < 1.29 is 0 Å². The van der Waals surface area contributed by atoms with E-state index in [4.69, 9.17) is 0 Å². The van der Waals surface area contributed by atoms with E-state index in [1.807, 2.05) is 6.20 Å². The van der Waals surface area contributed by atoms with Gasteiger partial charge < -0.3 is 5.32 Å². The first-order chi connectivity index (χ1) is 8.29. The fraction of sp³-hybridized carbons (Fsp3) is 0.615. The lowest BCUT2D eigenvalue weighted by Gasteiger charge is -2.27. The predicted octanol–water partition coefficient (Wildman–Crippen LogP) is 2.42. The highest BCUT2D eigenvalue weighted by atomic mass is 79.9. The molecule has 0 aliphatic carbocycles. The van der Waals surface area contributed by atoms with Crippen LogP contribution in [0, 0.1) is 0 Å². The second-order valence-corrected chi connectivity index (χ2v) is 5.50. The lowest BCUT2D eigenvalue weighted by molar-refractivity contribution is 0.197. The number of hydrogen-bond donors (Lipinski definition) is 1. The molecule has 1 N–H and O–H groups in total. The first-order valence-electron chi connectivity index (χ1n) is 6.35. The number of nitrogens with zero attached hydrogens (tertiary/aromatic N) is 2.